The fraction of sp³-hybridized carbons (Fsp3) is 0.625. The van der Waals surface area contributed by atoms with E-state index in [1.807, 2.05) is 37.8 Å². The quantitative estimate of drug-likeness (QED) is 0.782. The highest BCUT2D eigenvalue weighted by atomic mass is 16.5. The van der Waals surface area contributed by atoms with Crippen molar-refractivity contribution in [2.75, 3.05) is 26.2 Å². The number of ether oxygens (including phenoxy) is 1. The van der Waals surface area contributed by atoms with Crippen molar-refractivity contribution in [2.45, 2.75) is 58.2 Å². The van der Waals surface area contributed by atoms with E-state index in [0.29, 0.717) is 44.0 Å². The molecule has 7 heteroatoms. The van der Waals surface area contributed by atoms with Crippen LogP contribution < -0.4 is 5.32 Å². The lowest BCUT2D eigenvalue weighted by Gasteiger charge is -2.44. The molecule has 0 unspecified atom stereocenters. The maximum Gasteiger partial charge on any atom is 0.256 e. The summed E-state index contributed by atoms with van der Waals surface area (Å²) in [6.45, 7) is 7.88. The SMILES string of the molecule is Cc1ccc(C(=O)N2[C@@H](C(=O)NCC(C)C)COC23CCN(C(=O)C2CC2)CC3)cc1. The van der Waals surface area contributed by atoms with Gasteiger partial charge in [-0.05, 0) is 37.8 Å². The molecular weight excluding hydrogens is 394 g/mol. The minimum absolute atomic E-state index is 0.178. The van der Waals surface area contributed by atoms with Gasteiger partial charge in [0.05, 0.1) is 6.61 Å². The average molecular weight is 428 g/mol. The number of piperidine rings is 1. The Labute approximate surface area is 184 Å². The van der Waals surface area contributed by atoms with Crippen molar-refractivity contribution >= 4 is 17.7 Å². The van der Waals surface area contributed by atoms with Crippen molar-refractivity contribution in [3.05, 3.63) is 35.4 Å². The Bertz CT molecular complexity index is 839. The Balaban J connectivity index is 1.56. The first-order valence-electron chi connectivity index (χ1n) is 11.4. The Morgan fingerprint density at radius 1 is 1.13 bits per heavy atom. The zero-order valence-corrected chi connectivity index (χ0v) is 18.7. The molecule has 0 radical (unpaired) electrons. The number of hydrogen-bond acceptors (Lipinski definition) is 4. The highest BCUT2D eigenvalue weighted by molar-refractivity contribution is 5.98. The molecule has 3 fully saturated rings. The number of rotatable bonds is 5. The normalized spacial score (nSPS) is 22.8. The van der Waals surface area contributed by atoms with Crippen molar-refractivity contribution in [1.29, 1.82) is 0 Å². The van der Waals surface area contributed by atoms with Crippen LogP contribution in [0, 0.1) is 18.8 Å². The van der Waals surface area contributed by atoms with Gasteiger partial charge in [-0.1, -0.05) is 31.5 Å². The zero-order valence-electron chi connectivity index (χ0n) is 18.7. The Morgan fingerprint density at radius 3 is 2.35 bits per heavy atom. The van der Waals surface area contributed by atoms with E-state index in [4.69, 9.17) is 4.74 Å². The maximum atomic E-state index is 13.6. The van der Waals surface area contributed by atoms with Crippen molar-refractivity contribution in [3.63, 3.8) is 0 Å². The second-order valence-electron chi connectivity index (χ2n) is 9.55. The summed E-state index contributed by atoms with van der Waals surface area (Å²) in [6.07, 6.45) is 3.01. The second kappa shape index (κ2) is 8.61. The van der Waals surface area contributed by atoms with E-state index in [1.165, 1.54) is 0 Å². The third-order valence-electron chi connectivity index (χ3n) is 6.55. The Morgan fingerprint density at radius 2 is 1.77 bits per heavy atom. The van der Waals surface area contributed by atoms with Crippen LogP contribution in [0.1, 0.15) is 55.5 Å². The minimum Gasteiger partial charge on any atom is -0.354 e. The van der Waals surface area contributed by atoms with Gasteiger partial charge in [0, 0.05) is 44.0 Å². The van der Waals surface area contributed by atoms with E-state index in [1.54, 1.807) is 17.0 Å². The van der Waals surface area contributed by atoms with E-state index in [0.717, 1.165) is 18.4 Å². The number of likely N-dealkylation sites (tertiary alicyclic amines) is 1. The van der Waals surface area contributed by atoms with Crippen molar-refractivity contribution in [1.82, 2.24) is 15.1 Å². The van der Waals surface area contributed by atoms with Crippen molar-refractivity contribution < 1.29 is 19.1 Å². The fourth-order valence-electron chi connectivity index (χ4n) is 4.49. The predicted molar refractivity (Wildman–Crippen MR) is 116 cm³/mol. The van der Waals surface area contributed by atoms with Gasteiger partial charge in [-0.3, -0.25) is 19.3 Å². The number of carbonyl (C=O) groups is 3. The number of benzene rings is 1. The van der Waals surface area contributed by atoms with Gasteiger partial charge < -0.3 is 15.0 Å². The van der Waals surface area contributed by atoms with Crippen molar-refractivity contribution in [3.8, 4) is 0 Å². The molecule has 3 aliphatic rings. The Hall–Kier alpha value is -2.41. The van der Waals surface area contributed by atoms with Gasteiger partial charge in [0.25, 0.3) is 5.91 Å². The molecule has 2 heterocycles. The largest absolute Gasteiger partial charge is 0.354 e. The third-order valence-corrected chi connectivity index (χ3v) is 6.55. The van der Waals surface area contributed by atoms with Crippen LogP contribution in [-0.2, 0) is 14.3 Å². The number of amides is 3. The summed E-state index contributed by atoms with van der Waals surface area (Å²) in [5, 5.41) is 2.96. The van der Waals surface area contributed by atoms with Crippen LogP contribution in [0.2, 0.25) is 0 Å². The zero-order chi connectivity index (χ0) is 22.2. The van der Waals surface area contributed by atoms with Crippen molar-refractivity contribution in [2.24, 2.45) is 11.8 Å². The first kappa shape index (κ1) is 21.8. The Kier molecular flexibility index (Phi) is 6.06. The smallest absolute Gasteiger partial charge is 0.256 e. The molecule has 2 aliphatic heterocycles. The van der Waals surface area contributed by atoms with Gasteiger partial charge in [-0.2, -0.15) is 0 Å². The van der Waals surface area contributed by atoms with Gasteiger partial charge in [0.1, 0.15) is 11.8 Å². The van der Waals surface area contributed by atoms with Crippen LogP contribution in [0.4, 0.5) is 0 Å². The summed E-state index contributed by atoms with van der Waals surface area (Å²) in [6, 6.07) is 6.75. The van der Waals surface area contributed by atoms with E-state index in [2.05, 4.69) is 5.32 Å². The molecule has 1 N–H and O–H groups in total. The average Bonchev–Trinajstić information content (AvgIpc) is 3.55. The topological polar surface area (TPSA) is 79.0 Å². The van der Waals surface area contributed by atoms with E-state index < -0.39 is 11.8 Å². The molecule has 0 aromatic heterocycles. The lowest BCUT2D eigenvalue weighted by atomic mass is 9.96. The number of carbonyl (C=O) groups excluding carboxylic acids is 3. The summed E-state index contributed by atoms with van der Waals surface area (Å²) in [7, 11) is 0. The summed E-state index contributed by atoms with van der Waals surface area (Å²) in [5.41, 5.74) is 0.776. The lowest BCUT2D eigenvalue weighted by Crippen LogP contribution is -2.60. The van der Waals surface area contributed by atoms with Crippen LogP contribution in [-0.4, -0.2) is 65.5 Å². The van der Waals surface area contributed by atoms with Gasteiger partial charge in [0.15, 0.2) is 0 Å². The monoisotopic (exact) mass is 427 g/mol. The molecule has 1 aromatic rings. The van der Waals surface area contributed by atoms with Crippen LogP contribution in [0.15, 0.2) is 24.3 Å². The lowest BCUT2D eigenvalue weighted by molar-refractivity contribution is -0.144. The standard InChI is InChI=1S/C24H33N3O4/c1-16(2)14-25-21(28)20-15-31-24(10-12-26(13-11-24)22(29)18-8-9-18)27(20)23(30)19-6-4-17(3)5-7-19/h4-7,16,18,20H,8-15H2,1-3H3,(H,25,28)/t20-/m1/s1. The summed E-state index contributed by atoms with van der Waals surface area (Å²) >= 11 is 0. The molecule has 1 aromatic carbocycles. The van der Waals surface area contributed by atoms with E-state index >= 15 is 0 Å². The molecule has 1 atom stereocenters. The molecule has 3 amide bonds. The van der Waals surface area contributed by atoms with Crippen LogP contribution in [0.25, 0.3) is 0 Å². The third kappa shape index (κ3) is 4.47. The number of hydrogen-bond donors (Lipinski definition) is 1. The van der Waals surface area contributed by atoms with Gasteiger partial charge >= 0.3 is 0 Å². The maximum absolute atomic E-state index is 13.6. The molecule has 168 valence electrons. The number of aryl methyl sites for hydroxylation is 1. The number of nitrogens with zero attached hydrogens (tertiary/aromatic N) is 2. The molecule has 4 rings (SSSR count). The van der Waals surface area contributed by atoms with Gasteiger partial charge in [0.2, 0.25) is 11.8 Å². The molecule has 1 aliphatic carbocycles. The first-order valence-corrected chi connectivity index (χ1v) is 11.4. The van der Waals surface area contributed by atoms with Gasteiger partial charge in [-0.15, -0.1) is 0 Å². The van der Waals surface area contributed by atoms with E-state index in [-0.39, 0.29) is 30.2 Å². The van der Waals surface area contributed by atoms with Gasteiger partial charge in [-0.25, -0.2) is 0 Å². The molecule has 1 saturated carbocycles. The molecule has 2 saturated heterocycles. The molecular formula is C24H33N3O4. The summed E-state index contributed by atoms with van der Waals surface area (Å²) < 4.78 is 6.21. The molecule has 31 heavy (non-hydrogen) atoms. The molecule has 0 bridgehead atoms. The van der Waals surface area contributed by atoms with Crippen LogP contribution in [0.5, 0.6) is 0 Å². The summed E-state index contributed by atoms with van der Waals surface area (Å²) in [5.74, 6) is 0.346. The summed E-state index contributed by atoms with van der Waals surface area (Å²) in [4.78, 5) is 42.6. The number of nitrogens with one attached hydrogen (secondary N) is 1. The predicted octanol–water partition coefficient (Wildman–Crippen LogP) is 2.34. The molecule has 7 nitrogen and oxygen atoms in total. The molecule has 1 spiro atoms. The highest BCUT2D eigenvalue weighted by Gasteiger charge is 2.54. The highest BCUT2D eigenvalue weighted by Crippen LogP contribution is 2.40. The first-order chi connectivity index (χ1) is 14.8. The van der Waals surface area contributed by atoms with Crippen LogP contribution in [0.3, 0.4) is 0 Å². The second-order valence-corrected chi connectivity index (χ2v) is 9.55. The van der Waals surface area contributed by atoms with E-state index in [9.17, 15) is 14.4 Å². The van der Waals surface area contributed by atoms with Crippen LogP contribution >= 0.6 is 0 Å². The fourth-order valence-corrected chi connectivity index (χ4v) is 4.49. The minimum atomic E-state index is -0.845.